The van der Waals surface area contributed by atoms with Crippen LogP contribution in [0.15, 0.2) is 23.1 Å². The molecular formula is C12H15ClFNO4S. The fourth-order valence-corrected chi connectivity index (χ4v) is 3.37. The maximum absolute atomic E-state index is 13.1. The highest BCUT2D eigenvalue weighted by atomic mass is 35.5. The van der Waals surface area contributed by atoms with Gasteiger partial charge in [-0.3, -0.25) is 4.79 Å². The van der Waals surface area contributed by atoms with Gasteiger partial charge in [-0.1, -0.05) is 31.9 Å². The summed E-state index contributed by atoms with van der Waals surface area (Å²) in [6.07, 6.45) is 0.469. The SMILES string of the molecule is CCC(C)[C@H](NS(=O)(=O)c1cc(F)ccc1Cl)C(=O)O. The summed E-state index contributed by atoms with van der Waals surface area (Å²) in [5, 5.41) is 8.90. The van der Waals surface area contributed by atoms with Gasteiger partial charge in [-0.25, -0.2) is 12.8 Å². The molecule has 0 saturated carbocycles. The van der Waals surface area contributed by atoms with Crippen LogP contribution in [0.4, 0.5) is 4.39 Å². The van der Waals surface area contributed by atoms with E-state index in [0.29, 0.717) is 6.42 Å². The molecule has 20 heavy (non-hydrogen) atoms. The second kappa shape index (κ2) is 6.51. The summed E-state index contributed by atoms with van der Waals surface area (Å²) in [5.41, 5.74) is 0. The molecular weight excluding hydrogens is 309 g/mol. The largest absolute Gasteiger partial charge is 0.480 e. The average molecular weight is 324 g/mol. The quantitative estimate of drug-likeness (QED) is 0.841. The Hall–Kier alpha value is -1.18. The number of halogens is 2. The average Bonchev–Trinajstić information content (AvgIpc) is 2.37. The predicted molar refractivity (Wildman–Crippen MR) is 72.6 cm³/mol. The van der Waals surface area contributed by atoms with Gasteiger partial charge in [-0.05, 0) is 24.1 Å². The molecule has 5 nitrogen and oxygen atoms in total. The lowest BCUT2D eigenvalue weighted by Crippen LogP contribution is -2.44. The third-order valence-corrected chi connectivity index (χ3v) is 4.87. The monoisotopic (exact) mass is 323 g/mol. The highest BCUT2D eigenvalue weighted by Crippen LogP contribution is 2.23. The molecule has 112 valence electrons. The topological polar surface area (TPSA) is 83.5 Å². The van der Waals surface area contributed by atoms with Crippen LogP contribution in [0.5, 0.6) is 0 Å². The van der Waals surface area contributed by atoms with Gasteiger partial charge in [0.1, 0.15) is 16.8 Å². The number of hydrogen-bond donors (Lipinski definition) is 2. The van der Waals surface area contributed by atoms with Crippen LogP contribution in [0.1, 0.15) is 20.3 Å². The zero-order chi connectivity index (χ0) is 15.5. The molecule has 1 unspecified atom stereocenters. The van der Waals surface area contributed by atoms with Crippen LogP contribution in [0.3, 0.4) is 0 Å². The van der Waals surface area contributed by atoms with E-state index in [0.717, 1.165) is 18.2 Å². The summed E-state index contributed by atoms with van der Waals surface area (Å²) < 4.78 is 39.4. The fourth-order valence-electron chi connectivity index (χ4n) is 1.56. The molecule has 0 spiro atoms. The Balaban J connectivity index is 3.16. The van der Waals surface area contributed by atoms with Crippen molar-refractivity contribution in [3.63, 3.8) is 0 Å². The van der Waals surface area contributed by atoms with E-state index in [2.05, 4.69) is 0 Å². The van der Waals surface area contributed by atoms with Crippen molar-refractivity contribution in [1.29, 1.82) is 0 Å². The third kappa shape index (κ3) is 3.91. The highest BCUT2D eigenvalue weighted by molar-refractivity contribution is 7.89. The minimum absolute atomic E-state index is 0.174. The first-order chi connectivity index (χ1) is 9.19. The summed E-state index contributed by atoms with van der Waals surface area (Å²) in [6.45, 7) is 3.35. The van der Waals surface area contributed by atoms with Crippen LogP contribution >= 0.6 is 11.6 Å². The summed E-state index contributed by atoms with van der Waals surface area (Å²) in [5.74, 6) is -2.49. The van der Waals surface area contributed by atoms with E-state index in [1.165, 1.54) is 0 Å². The maximum atomic E-state index is 13.1. The van der Waals surface area contributed by atoms with Crippen LogP contribution in [0.25, 0.3) is 0 Å². The first-order valence-electron chi connectivity index (χ1n) is 5.89. The second-order valence-electron chi connectivity index (χ2n) is 4.40. The molecule has 1 aromatic rings. The van der Waals surface area contributed by atoms with E-state index in [4.69, 9.17) is 16.7 Å². The van der Waals surface area contributed by atoms with E-state index < -0.39 is 38.7 Å². The van der Waals surface area contributed by atoms with E-state index in [-0.39, 0.29) is 5.02 Å². The molecule has 1 rings (SSSR count). The summed E-state index contributed by atoms with van der Waals surface area (Å²) in [7, 11) is -4.22. The molecule has 0 aliphatic rings. The first-order valence-corrected chi connectivity index (χ1v) is 7.75. The number of carboxylic acids is 1. The number of sulfonamides is 1. The van der Waals surface area contributed by atoms with Crippen molar-refractivity contribution in [3.05, 3.63) is 29.0 Å². The number of carboxylic acid groups (broad SMARTS) is 1. The van der Waals surface area contributed by atoms with Gasteiger partial charge in [0, 0.05) is 0 Å². The standard InChI is InChI=1S/C12H15ClFNO4S/c1-3-7(2)11(12(16)17)15-20(18,19)10-6-8(14)4-5-9(10)13/h4-7,11,15H,3H2,1-2H3,(H,16,17)/t7?,11-/m0/s1. The van der Waals surface area contributed by atoms with Gasteiger partial charge in [0.05, 0.1) is 5.02 Å². The predicted octanol–water partition coefficient (Wildman–Crippen LogP) is 2.26. The van der Waals surface area contributed by atoms with E-state index in [1.807, 2.05) is 4.72 Å². The molecule has 0 radical (unpaired) electrons. The van der Waals surface area contributed by atoms with Crippen molar-refractivity contribution in [2.75, 3.05) is 0 Å². The van der Waals surface area contributed by atoms with Gasteiger partial charge in [0.25, 0.3) is 0 Å². The van der Waals surface area contributed by atoms with Crippen molar-refractivity contribution < 1.29 is 22.7 Å². The number of carbonyl (C=O) groups is 1. The minimum atomic E-state index is -4.22. The lowest BCUT2D eigenvalue weighted by Gasteiger charge is -2.20. The van der Waals surface area contributed by atoms with Gasteiger partial charge in [-0.2, -0.15) is 4.72 Å². The molecule has 8 heteroatoms. The van der Waals surface area contributed by atoms with Crippen LogP contribution in [-0.4, -0.2) is 25.5 Å². The number of hydrogen-bond acceptors (Lipinski definition) is 3. The van der Waals surface area contributed by atoms with Crippen molar-refractivity contribution in [2.45, 2.75) is 31.2 Å². The van der Waals surface area contributed by atoms with Crippen molar-refractivity contribution >= 4 is 27.6 Å². The van der Waals surface area contributed by atoms with Gasteiger partial charge >= 0.3 is 5.97 Å². The molecule has 0 amide bonds. The lowest BCUT2D eigenvalue weighted by atomic mass is 10.0. The molecule has 2 atom stereocenters. The Morgan fingerprint density at radius 1 is 1.50 bits per heavy atom. The normalized spacial score (nSPS) is 14.8. The van der Waals surface area contributed by atoms with Gasteiger partial charge in [0.15, 0.2) is 0 Å². The summed E-state index contributed by atoms with van der Waals surface area (Å²) in [6, 6.07) is 1.57. The van der Waals surface area contributed by atoms with Crippen LogP contribution in [0.2, 0.25) is 5.02 Å². The van der Waals surface area contributed by atoms with Crippen LogP contribution < -0.4 is 4.72 Å². The maximum Gasteiger partial charge on any atom is 0.322 e. The molecule has 0 aliphatic carbocycles. The molecule has 0 aliphatic heterocycles. The Bertz CT molecular complexity index is 605. The van der Waals surface area contributed by atoms with E-state index in [1.54, 1.807) is 13.8 Å². The Morgan fingerprint density at radius 2 is 2.10 bits per heavy atom. The number of rotatable bonds is 6. The zero-order valence-corrected chi connectivity index (χ0v) is 12.5. The van der Waals surface area contributed by atoms with Crippen LogP contribution in [-0.2, 0) is 14.8 Å². The number of benzene rings is 1. The Labute approximate surface area is 121 Å². The molecule has 0 heterocycles. The zero-order valence-electron chi connectivity index (χ0n) is 10.9. The van der Waals surface area contributed by atoms with E-state index in [9.17, 15) is 17.6 Å². The molecule has 0 aromatic heterocycles. The summed E-state index contributed by atoms with van der Waals surface area (Å²) in [4.78, 5) is 10.6. The lowest BCUT2D eigenvalue weighted by molar-refractivity contribution is -0.140. The summed E-state index contributed by atoms with van der Waals surface area (Å²) >= 11 is 5.72. The smallest absolute Gasteiger partial charge is 0.322 e. The second-order valence-corrected chi connectivity index (χ2v) is 6.49. The Kier molecular flexibility index (Phi) is 5.50. The third-order valence-electron chi connectivity index (χ3n) is 2.94. The molecule has 0 saturated heterocycles. The number of aliphatic carboxylic acids is 1. The minimum Gasteiger partial charge on any atom is -0.480 e. The van der Waals surface area contributed by atoms with Crippen molar-refractivity contribution in [3.8, 4) is 0 Å². The number of nitrogens with one attached hydrogen (secondary N) is 1. The molecule has 0 fully saturated rings. The molecule has 1 aromatic carbocycles. The van der Waals surface area contributed by atoms with Crippen LogP contribution in [0, 0.1) is 11.7 Å². The first kappa shape index (κ1) is 16.9. The Morgan fingerprint density at radius 3 is 2.60 bits per heavy atom. The molecule has 2 N–H and O–H groups in total. The van der Waals surface area contributed by atoms with Crippen molar-refractivity contribution in [1.82, 2.24) is 4.72 Å². The van der Waals surface area contributed by atoms with Crippen molar-refractivity contribution in [2.24, 2.45) is 5.92 Å². The molecule has 0 bridgehead atoms. The highest BCUT2D eigenvalue weighted by Gasteiger charge is 2.30. The van der Waals surface area contributed by atoms with Gasteiger partial charge < -0.3 is 5.11 Å². The van der Waals surface area contributed by atoms with Gasteiger partial charge in [0.2, 0.25) is 10.0 Å². The van der Waals surface area contributed by atoms with Gasteiger partial charge in [-0.15, -0.1) is 0 Å². The fraction of sp³-hybridized carbons (Fsp3) is 0.417. The van der Waals surface area contributed by atoms with E-state index >= 15 is 0 Å².